The van der Waals surface area contributed by atoms with E-state index >= 15 is 0 Å². The zero-order valence-electron chi connectivity index (χ0n) is 7.54. The van der Waals surface area contributed by atoms with E-state index in [1.54, 1.807) is 0 Å². The predicted molar refractivity (Wildman–Crippen MR) is 46.9 cm³/mol. The molecule has 2 heteroatoms. The van der Waals surface area contributed by atoms with Crippen LogP contribution in [0.3, 0.4) is 0 Å². The Labute approximate surface area is 73.9 Å². The van der Waals surface area contributed by atoms with Crippen LogP contribution in [0.4, 0.5) is 0 Å². The van der Waals surface area contributed by atoms with Crippen molar-refractivity contribution in [1.82, 2.24) is 0 Å². The fraction of sp³-hybridized carbons (Fsp3) is 1.00. The molecule has 1 saturated carbocycles. The molecular formula is C10H18O2. The van der Waals surface area contributed by atoms with Crippen molar-refractivity contribution in [3.05, 3.63) is 0 Å². The molecule has 2 aliphatic rings. The summed E-state index contributed by atoms with van der Waals surface area (Å²) in [7, 11) is 0. The largest absolute Gasteiger partial charge is 0.390 e. The summed E-state index contributed by atoms with van der Waals surface area (Å²) in [6.07, 6.45) is 7.16. The van der Waals surface area contributed by atoms with Gasteiger partial charge in [-0.2, -0.15) is 0 Å². The summed E-state index contributed by atoms with van der Waals surface area (Å²) in [6.45, 7) is 0.854. The number of ether oxygens (including phenoxy) is 1. The van der Waals surface area contributed by atoms with Gasteiger partial charge in [0, 0.05) is 6.61 Å². The second kappa shape index (κ2) is 3.75. The third-order valence-corrected chi connectivity index (χ3v) is 3.19. The normalized spacial score (nSPS) is 33.2. The van der Waals surface area contributed by atoms with Gasteiger partial charge in [-0.25, -0.2) is 0 Å². The Hall–Kier alpha value is -0.0800. The van der Waals surface area contributed by atoms with Gasteiger partial charge in [-0.15, -0.1) is 0 Å². The summed E-state index contributed by atoms with van der Waals surface area (Å²) in [5, 5.41) is 9.76. The Morgan fingerprint density at radius 3 is 2.58 bits per heavy atom. The summed E-state index contributed by atoms with van der Waals surface area (Å²) < 4.78 is 5.43. The van der Waals surface area contributed by atoms with Crippen molar-refractivity contribution >= 4 is 0 Å². The van der Waals surface area contributed by atoms with Gasteiger partial charge in [-0.3, -0.25) is 0 Å². The lowest BCUT2D eigenvalue weighted by atomic mass is 9.80. The fourth-order valence-electron chi connectivity index (χ4n) is 2.13. The predicted octanol–water partition coefficient (Wildman–Crippen LogP) is 1.72. The Morgan fingerprint density at radius 1 is 1.25 bits per heavy atom. The standard InChI is InChI=1S/C10H18O2/c11-9(7-8-3-1-4-8)10-5-2-6-12-10/h8-11H,1-7H2. The minimum Gasteiger partial charge on any atom is -0.390 e. The van der Waals surface area contributed by atoms with Crippen molar-refractivity contribution in [2.75, 3.05) is 6.61 Å². The number of hydrogen-bond donors (Lipinski definition) is 1. The SMILES string of the molecule is OC(CC1CCC1)C1CCCO1. The summed E-state index contributed by atoms with van der Waals surface area (Å²) in [4.78, 5) is 0. The molecule has 12 heavy (non-hydrogen) atoms. The van der Waals surface area contributed by atoms with Crippen LogP contribution >= 0.6 is 0 Å². The number of aliphatic hydroxyl groups is 1. The molecule has 2 unspecified atom stereocenters. The number of hydrogen-bond acceptors (Lipinski definition) is 2. The number of aliphatic hydroxyl groups excluding tert-OH is 1. The maximum Gasteiger partial charge on any atom is 0.0834 e. The third kappa shape index (κ3) is 1.80. The lowest BCUT2D eigenvalue weighted by Gasteiger charge is -2.29. The Morgan fingerprint density at radius 2 is 2.08 bits per heavy atom. The lowest BCUT2D eigenvalue weighted by molar-refractivity contribution is -0.0189. The van der Waals surface area contributed by atoms with Gasteiger partial charge in [0.15, 0.2) is 0 Å². The molecule has 1 N–H and O–H groups in total. The van der Waals surface area contributed by atoms with E-state index in [2.05, 4.69) is 0 Å². The van der Waals surface area contributed by atoms with Crippen molar-refractivity contribution < 1.29 is 9.84 Å². The fourth-order valence-corrected chi connectivity index (χ4v) is 2.13. The topological polar surface area (TPSA) is 29.5 Å². The van der Waals surface area contributed by atoms with Gasteiger partial charge in [0.2, 0.25) is 0 Å². The van der Waals surface area contributed by atoms with Gasteiger partial charge >= 0.3 is 0 Å². The molecule has 0 spiro atoms. The first kappa shape index (κ1) is 8.52. The Bertz CT molecular complexity index is 137. The van der Waals surface area contributed by atoms with Gasteiger partial charge in [-0.05, 0) is 25.2 Å². The maximum atomic E-state index is 9.76. The number of rotatable bonds is 3. The highest BCUT2D eigenvalue weighted by atomic mass is 16.5. The van der Waals surface area contributed by atoms with Gasteiger partial charge < -0.3 is 9.84 Å². The van der Waals surface area contributed by atoms with Crippen molar-refractivity contribution in [2.24, 2.45) is 5.92 Å². The van der Waals surface area contributed by atoms with Gasteiger partial charge in [0.05, 0.1) is 12.2 Å². The van der Waals surface area contributed by atoms with Gasteiger partial charge in [0.25, 0.3) is 0 Å². The van der Waals surface area contributed by atoms with E-state index in [-0.39, 0.29) is 12.2 Å². The molecular weight excluding hydrogens is 152 g/mol. The molecule has 0 aromatic heterocycles. The summed E-state index contributed by atoms with van der Waals surface area (Å²) >= 11 is 0. The van der Waals surface area contributed by atoms with E-state index in [9.17, 15) is 5.11 Å². The zero-order valence-corrected chi connectivity index (χ0v) is 7.54. The van der Waals surface area contributed by atoms with Crippen LogP contribution in [0.15, 0.2) is 0 Å². The van der Waals surface area contributed by atoms with Crippen LogP contribution in [0.2, 0.25) is 0 Å². The minimum absolute atomic E-state index is 0.158. The van der Waals surface area contributed by atoms with Crippen LogP contribution in [-0.4, -0.2) is 23.9 Å². The van der Waals surface area contributed by atoms with E-state index < -0.39 is 0 Å². The maximum absolute atomic E-state index is 9.76. The van der Waals surface area contributed by atoms with Gasteiger partial charge in [-0.1, -0.05) is 19.3 Å². The molecule has 2 nitrogen and oxygen atoms in total. The van der Waals surface area contributed by atoms with Crippen molar-refractivity contribution in [2.45, 2.75) is 50.7 Å². The molecule has 2 fully saturated rings. The molecule has 2 rings (SSSR count). The van der Waals surface area contributed by atoms with Crippen LogP contribution in [0.5, 0.6) is 0 Å². The second-order valence-electron chi connectivity index (χ2n) is 4.15. The first-order valence-corrected chi connectivity index (χ1v) is 5.16. The Balaban J connectivity index is 1.71. The van der Waals surface area contributed by atoms with Crippen molar-refractivity contribution in [1.29, 1.82) is 0 Å². The molecule has 1 saturated heterocycles. The van der Waals surface area contributed by atoms with E-state index in [0.29, 0.717) is 0 Å². The quantitative estimate of drug-likeness (QED) is 0.698. The molecule has 0 bridgehead atoms. The second-order valence-corrected chi connectivity index (χ2v) is 4.15. The van der Waals surface area contributed by atoms with Crippen LogP contribution in [0.25, 0.3) is 0 Å². The summed E-state index contributed by atoms with van der Waals surface area (Å²) in [6, 6.07) is 0. The van der Waals surface area contributed by atoms with Crippen molar-refractivity contribution in [3.8, 4) is 0 Å². The molecule has 0 radical (unpaired) electrons. The van der Waals surface area contributed by atoms with Crippen LogP contribution in [-0.2, 0) is 4.74 Å². The highest BCUT2D eigenvalue weighted by Crippen LogP contribution is 2.32. The molecule has 1 aliphatic carbocycles. The first-order chi connectivity index (χ1) is 5.86. The molecule has 1 heterocycles. The van der Waals surface area contributed by atoms with E-state index in [0.717, 1.165) is 31.8 Å². The average molecular weight is 170 g/mol. The smallest absolute Gasteiger partial charge is 0.0834 e. The Kier molecular flexibility index (Phi) is 2.66. The van der Waals surface area contributed by atoms with Crippen molar-refractivity contribution in [3.63, 3.8) is 0 Å². The summed E-state index contributed by atoms with van der Waals surface area (Å²) in [5.74, 6) is 0.796. The van der Waals surface area contributed by atoms with E-state index in [1.165, 1.54) is 19.3 Å². The first-order valence-electron chi connectivity index (χ1n) is 5.16. The molecule has 0 aromatic carbocycles. The highest BCUT2D eigenvalue weighted by molar-refractivity contribution is 4.79. The zero-order chi connectivity index (χ0) is 8.39. The molecule has 1 aliphatic heterocycles. The minimum atomic E-state index is -0.183. The molecule has 0 amide bonds. The van der Waals surface area contributed by atoms with Crippen LogP contribution in [0.1, 0.15) is 38.5 Å². The van der Waals surface area contributed by atoms with E-state index in [1.807, 2.05) is 0 Å². The van der Waals surface area contributed by atoms with Crippen LogP contribution < -0.4 is 0 Å². The van der Waals surface area contributed by atoms with Gasteiger partial charge in [0.1, 0.15) is 0 Å². The third-order valence-electron chi connectivity index (χ3n) is 3.19. The van der Waals surface area contributed by atoms with E-state index in [4.69, 9.17) is 4.74 Å². The summed E-state index contributed by atoms with van der Waals surface area (Å²) in [5.41, 5.74) is 0. The lowest BCUT2D eigenvalue weighted by Crippen LogP contribution is -2.29. The molecule has 0 aromatic rings. The monoisotopic (exact) mass is 170 g/mol. The molecule has 70 valence electrons. The molecule has 2 atom stereocenters. The van der Waals surface area contributed by atoms with Crippen LogP contribution in [0, 0.1) is 5.92 Å². The highest BCUT2D eigenvalue weighted by Gasteiger charge is 2.28. The average Bonchev–Trinajstić information content (AvgIpc) is 2.47.